The van der Waals surface area contributed by atoms with Gasteiger partial charge in [-0.2, -0.15) is 0 Å². The molecule has 0 fully saturated rings. The number of hydrogen-bond donors (Lipinski definition) is 1. The third kappa shape index (κ3) is 3.99. The lowest BCUT2D eigenvalue weighted by Gasteiger charge is -2.20. The highest BCUT2D eigenvalue weighted by Crippen LogP contribution is 2.28. The summed E-state index contributed by atoms with van der Waals surface area (Å²) in [6.07, 6.45) is 1.08. The maximum atomic E-state index is 6.13. The molecule has 0 aliphatic heterocycles. The second-order valence-electron chi connectivity index (χ2n) is 5.00. The van der Waals surface area contributed by atoms with Crippen molar-refractivity contribution < 1.29 is 0 Å². The van der Waals surface area contributed by atoms with Gasteiger partial charge in [0.25, 0.3) is 0 Å². The molecule has 1 atom stereocenters. The lowest BCUT2D eigenvalue weighted by molar-refractivity contribution is 0.598. The monoisotopic (exact) mass is 307 g/mol. The van der Waals surface area contributed by atoms with Gasteiger partial charge in [0.15, 0.2) is 0 Å². The molecule has 3 heteroatoms. The van der Waals surface area contributed by atoms with Crippen LogP contribution in [0.3, 0.4) is 0 Å². The zero-order valence-electron chi connectivity index (χ0n) is 11.8. The molecule has 0 bridgehead atoms. The molecule has 0 radical (unpaired) electrons. The van der Waals surface area contributed by atoms with Gasteiger partial charge in [-0.15, -0.1) is 0 Å². The molecular weight excluding hydrogens is 289 g/mol. The Morgan fingerprint density at radius 2 is 1.55 bits per heavy atom. The topological polar surface area (TPSA) is 12.0 Å². The Balaban J connectivity index is 2.38. The predicted molar refractivity (Wildman–Crippen MR) is 87.8 cm³/mol. The first-order valence-corrected chi connectivity index (χ1v) is 7.61. The summed E-state index contributed by atoms with van der Waals surface area (Å²) in [5.74, 6) is 0. The highest BCUT2D eigenvalue weighted by Gasteiger charge is 2.14. The van der Waals surface area contributed by atoms with Gasteiger partial charge in [0, 0.05) is 10.0 Å². The van der Waals surface area contributed by atoms with Gasteiger partial charge in [-0.25, -0.2) is 0 Å². The molecule has 0 amide bonds. The van der Waals surface area contributed by atoms with Crippen molar-refractivity contribution in [1.82, 2.24) is 5.32 Å². The second-order valence-corrected chi connectivity index (χ2v) is 5.87. The first-order valence-electron chi connectivity index (χ1n) is 6.86. The van der Waals surface area contributed by atoms with Gasteiger partial charge in [0.1, 0.15) is 0 Å². The third-order valence-electron chi connectivity index (χ3n) is 3.23. The van der Waals surface area contributed by atoms with Crippen LogP contribution in [-0.4, -0.2) is 6.54 Å². The van der Waals surface area contributed by atoms with Crippen LogP contribution in [0.15, 0.2) is 42.5 Å². The summed E-state index contributed by atoms with van der Waals surface area (Å²) in [4.78, 5) is 0. The molecule has 0 aromatic heterocycles. The fourth-order valence-corrected chi connectivity index (χ4v) is 2.76. The van der Waals surface area contributed by atoms with E-state index in [4.69, 9.17) is 23.2 Å². The van der Waals surface area contributed by atoms with Gasteiger partial charge in [0.2, 0.25) is 0 Å². The van der Waals surface area contributed by atoms with Gasteiger partial charge in [-0.3, -0.25) is 0 Å². The lowest BCUT2D eigenvalue weighted by atomic mass is 9.97. The normalized spacial score (nSPS) is 12.4. The van der Waals surface area contributed by atoms with Gasteiger partial charge in [-0.05, 0) is 49.2 Å². The lowest BCUT2D eigenvalue weighted by Crippen LogP contribution is -2.23. The smallest absolute Gasteiger partial charge is 0.0577 e. The molecule has 20 heavy (non-hydrogen) atoms. The Labute approximate surface area is 130 Å². The Bertz CT molecular complexity index is 543. The van der Waals surface area contributed by atoms with Crippen LogP contribution in [0, 0.1) is 6.92 Å². The average Bonchev–Trinajstić information content (AvgIpc) is 2.40. The van der Waals surface area contributed by atoms with Crippen LogP contribution >= 0.6 is 23.2 Å². The highest BCUT2D eigenvalue weighted by atomic mass is 35.5. The van der Waals surface area contributed by atoms with Crippen molar-refractivity contribution >= 4 is 23.2 Å². The quantitative estimate of drug-likeness (QED) is 0.780. The largest absolute Gasteiger partial charge is 0.306 e. The van der Waals surface area contributed by atoms with Crippen molar-refractivity contribution in [3.8, 4) is 0 Å². The van der Waals surface area contributed by atoms with Crippen molar-refractivity contribution in [2.24, 2.45) is 0 Å². The molecule has 1 nitrogen and oxygen atoms in total. The molecule has 0 heterocycles. The molecule has 0 aliphatic rings. The first kappa shape index (κ1) is 15.4. The number of aryl methyl sites for hydroxylation is 1. The molecule has 2 aromatic rings. The first-order chi connectivity index (χ1) is 9.60. The molecule has 0 saturated heterocycles. The van der Waals surface area contributed by atoms with Crippen molar-refractivity contribution in [3.05, 3.63) is 69.2 Å². The van der Waals surface area contributed by atoms with Crippen molar-refractivity contribution in [1.29, 1.82) is 0 Å². The van der Waals surface area contributed by atoms with E-state index in [9.17, 15) is 0 Å². The third-order valence-corrected chi connectivity index (χ3v) is 3.66. The van der Waals surface area contributed by atoms with Crippen molar-refractivity contribution in [2.75, 3.05) is 6.54 Å². The van der Waals surface area contributed by atoms with Gasteiger partial charge >= 0.3 is 0 Å². The Morgan fingerprint density at radius 3 is 2.10 bits per heavy atom. The van der Waals surface area contributed by atoms with Gasteiger partial charge in [-0.1, -0.05) is 60.0 Å². The average molecular weight is 308 g/mol. The van der Waals surface area contributed by atoms with E-state index in [-0.39, 0.29) is 6.04 Å². The Hall–Kier alpha value is -1.02. The number of benzene rings is 2. The summed E-state index contributed by atoms with van der Waals surface area (Å²) in [6, 6.07) is 14.4. The van der Waals surface area contributed by atoms with Crippen LogP contribution in [0.25, 0.3) is 0 Å². The van der Waals surface area contributed by atoms with E-state index in [0.717, 1.165) is 18.5 Å². The fraction of sp³-hybridized carbons (Fsp3) is 0.294. The summed E-state index contributed by atoms with van der Waals surface area (Å²) in [6.45, 7) is 5.20. The summed E-state index contributed by atoms with van der Waals surface area (Å²) in [5, 5.41) is 4.90. The number of hydrogen-bond acceptors (Lipinski definition) is 1. The van der Waals surface area contributed by atoms with E-state index in [1.165, 1.54) is 11.1 Å². The van der Waals surface area contributed by atoms with Crippen molar-refractivity contribution in [3.63, 3.8) is 0 Å². The summed E-state index contributed by atoms with van der Waals surface area (Å²) in [5.41, 5.74) is 3.58. The van der Waals surface area contributed by atoms with E-state index in [2.05, 4.69) is 43.4 Å². The highest BCUT2D eigenvalue weighted by molar-refractivity contribution is 6.34. The van der Waals surface area contributed by atoms with Crippen LogP contribution in [0.4, 0.5) is 0 Å². The van der Waals surface area contributed by atoms with E-state index in [0.29, 0.717) is 10.0 Å². The summed E-state index contributed by atoms with van der Waals surface area (Å²) in [7, 11) is 0. The zero-order chi connectivity index (χ0) is 14.5. The maximum absolute atomic E-state index is 6.13. The number of halogens is 2. The van der Waals surface area contributed by atoms with E-state index in [1.807, 2.05) is 12.1 Å². The standard InChI is InChI=1S/C17H19Cl2N/c1-3-8-20-17(13-6-4-12(2)5-7-13)14-9-15(18)11-16(19)10-14/h4-7,9-11,17,20H,3,8H2,1-2H3. The molecule has 2 rings (SSSR count). The van der Waals surface area contributed by atoms with Crippen LogP contribution in [0.1, 0.15) is 36.1 Å². The van der Waals surface area contributed by atoms with E-state index >= 15 is 0 Å². The van der Waals surface area contributed by atoms with Gasteiger partial charge in [0.05, 0.1) is 6.04 Å². The molecular formula is C17H19Cl2N. The summed E-state index contributed by atoms with van der Waals surface area (Å²) < 4.78 is 0. The minimum absolute atomic E-state index is 0.117. The number of rotatable bonds is 5. The van der Waals surface area contributed by atoms with E-state index in [1.54, 1.807) is 6.07 Å². The Kier molecular flexibility index (Phi) is 5.47. The molecule has 0 aliphatic carbocycles. The molecule has 0 spiro atoms. The van der Waals surface area contributed by atoms with Crippen molar-refractivity contribution in [2.45, 2.75) is 26.3 Å². The number of nitrogens with one attached hydrogen (secondary N) is 1. The molecule has 1 unspecified atom stereocenters. The van der Waals surface area contributed by atoms with Crippen LogP contribution in [-0.2, 0) is 0 Å². The minimum atomic E-state index is 0.117. The second kappa shape index (κ2) is 7.12. The predicted octanol–water partition coefficient (Wildman–Crippen LogP) is 5.39. The zero-order valence-corrected chi connectivity index (χ0v) is 13.3. The fourth-order valence-electron chi connectivity index (χ4n) is 2.22. The van der Waals surface area contributed by atoms with Crippen LogP contribution in [0.5, 0.6) is 0 Å². The summed E-state index contributed by atoms with van der Waals surface area (Å²) >= 11 is 12.3. The van der Waals surface area contributed by atoms with Gasteiger partial charge < -0.3 is 5.32 Å². The minimum Gasteiger partial charge on any atom is -0.306 e. The van der Waals surface area contributed by atoms with Crippen LogP contribution in [0.2, 0.25) is 10.0 Å². The Morgan fingerprint density at radius 1 is 0.950 bits per heavy atom. The molecule has 1 N–H and O–H groups in total. The van der Waals surface area contributed by atoms with Crippen LogP contribution < -0.4 is 5.32 Å². The molecule has 0 saturated carbocycles. The van der Waals surface area contributed by atoms with E-state index < -0.39 is 0 Å². The molecule has 106 valence electrons. The molecule has 2 aromatic carbocycles. The maximum Gasteiger partial charge on any atom is 0.0577 e. The SMILES string of the molecule is CCCNC(c1ccc(C)cc1)c1cc(Cl)cc(Cl)c1.